The van der Waals surface area contributed by atoms with Crippen molar-refractivity contribution in [3.8, 4) is 11.5 Å². The molecule has 2 N–H and O–H groups in total. The van der Waals surface area contributed by atoms with E-state index in [0.717, 1.165) is 0 Å². The number of ether oxygens (including phenoxy) is 2. The van der Waals surface area contributed by atoms with Crippen LogP contribution in [0.5, 0.6) is 11.5 Å². The Balaban J connectivity index is 1.70. The first-order valence-electron chi connectivity index (χ1n) is 6.49. The molecule has 1 amide bonds. The van der Waals surface area contributed by atoms with Gasteiger partial charge in [-0.2, -0.15) is 11.3 Å². The first-order valence-corrected chi connectivity index (χ1v) is 7.43. The van der Waals surface area contributed by atoms with E-state index in [2.05, 4.69) is 5.32 Å². The van der Waals surface area contributed by atoms with Crippen LogP contribution in [-0.4, -0.2) is 24.4 Å². The molecule has 5 nitrogen and oxygen atoms in total. The average molecular weight is 305 g/mol. The van der Waals surface area contributed by atoms with Gasteiger partial charge >= 0.3 is 0 Å². The molecule has 0 aliphatic carbocycles. The van der Waals surface area contributed by atoms with Crippen LogP contribution in [0.4, 0.5) is 0 Å². The highest BCUT2D eigenvalue weighted by Crippen LogP contribution is 2.35. The van der Waals surface area contributed by atoms with E-state index >= 15 is 0 Å². The van der Waals surface area contributed by atoms with Crippen molar-refractivity contribution in [1.82, 2.24) is 5.32 Å². The van der Waals surface area contributed by atoms with Crippen molar-refractivity contribution in [2.45, 2.75) is 12.5 Å². The van der Waals surface area contributed by atoms with Crippen LogP contribution in [0.3, 0.4) is 0 Å². The molecule has 0 spiro atoms. The van der Waals surface area contributed by atoms with E-state index in [1.807, 2.05) is 5.38 Å². The second-order valence-corrected chi connectivity index (χ2v) is 5.82. The van der Waals surface area contributed by atoms with Crippen LogP contribution < -0.4 is 14.8 Å². The second-order valence-electron chi connectivity index (χ2n) is 5.04. The number of fused-ring (bicyclic) bond motifs is 1. The topological polar surface area (TPSA) is 67.8 Å². The summed E-state index contributed by atoms with van der Waals surface area (Å²) < 4.78 is 10.5. The number of thiophene rings is 1. The van der Waals surface area contributed by atoms with Crippen LogP contribution in [0.1, 0.15) is 22.8 Å². The van der Waals surface area contributed by atoms with E-state index in [0.29, 0.717) is 22.6 Å². The summed E-state index contributed by atoms with van der Waals surface area (Å²) in [5.74, 6) is 1.08. The minimum atomic E-state index is -1.19. The average Bonchev–Trinajstić information content (AvgIpc) is 3.14. The maximum atomic E-state index is 11.9. The van der Waals surface area contributed by atoms with E-state index in [1.165, 1.54) is 11.3 Å². The standard InChI is InChI=1S/C15H15NO4S/c1-15(18,8-16-14(17)10-4-5-21-7-10)11-2-3-12-13(6-11)20-9-19-12/h2-7,18H,8-9H2,1H3,(H,16,17)/t15-/m0/s1. The number of aliphatic hydroxyl groups is 1. The lowest BCUT2D eigenvalue weighted by molar-refractivity contribution is 0.0525. The summed E-state index contributed by atoms with van der Waals surface area (Å²) >= 11 is 1.46. The molecule has 1 aliphatic heterocycles. The van der Waals surface area contributed by atoms with Crippen molar-refractivity contribution >= 4 is 17.2 Å². The number of hydrogen-bond acceptors (Lipinski definition) is 5. The molecule has 0 unspecified atom stereocenters. The van der Waals surface area contributed by atoms with E-state index in [4.69, 9.17) is 9.47 Å². The number of benzene rings is 1. The third kappa shape index (κ3) is 2.86. The van der Waals surface area contributed by atoms with Crippen molar-refractivity contribution in [2.75, 3.05) is 13.3 Å². The SMILES string of the molecule is C[C@](O)(CNC(=O)c1ccsc1)c1ccc2c(c1)OCO2. The zero-order valence-electron chi connectivity index (χ0n) is 11.5. The number of carbonyl (C=O) groups is 1. The molecule has 21 heavy (non-hydrogen) atoms. The monoisotopic (exact) mass is 305 g/mol. The smallest absolute Gasteiger partial charge is 0.252 e. The Labute approximate surface area is 126 Å². The Hall–Kier alpha value is -2.05. The van der Waals surface area contributed by atoms with Crippen LogP contribution in [0.25, 0.3) is 0 Å². The minimum Gasteiger partial charge on any atom is -0.454 e. The zero-order valence-corrected chi connectivity index (χ0v) is 12.3. The third-order valence-electron chi connectivity index (χ3n) is 3.37. The van der Waals surface area contributed by atoms with E-state index < -0.39 is 5.60 Å². The van der Waals surface area contributed by atoms with E-state index in [1.54, 1.807) is 36.6 Å². The summed E-state index contributed by atoms with van der Waals surface area (Å²) in [6, 6.07) is 7.01. The van der Waals surface area contributed by atoms with Crippen molar-refractivity contribution in [3.05, 3.63) is 46.2 Å². The molecule has 6 heteroatoms. The largest absolute Gasteiger partial charge is 0.454 e. The number of hydrogen-bond donors (Lipinski definition) is 2. The molecule has 0 fully saturated rings. The van der Waals surface area contributed by atoms with Gasteiger partial charge in [0.25, 0.3) is 5.91 Å². The predicted octanol–water partition coefficient (Wildman–Crippen LogP) is 2.11. The first-order chi connectivity index (χ1) is 10.1. The summed E-state index contributed by atoms with van der Waals surface area (Å²) in [5.41, 5.74) is 0.0750. The number of rotatable bonds is 4. The summed E-state index contributed by atoms with van der Waals surface area (Å²) in [6.45, 7) is 1.95. The van der Waals surface area contributed by atoms with Crippen LogP contribution >= 0.6 is 11.3 Å². The lowest BCUT2D eigenvalue weighted by Crippen LogP contribution is -2.38. The van der Waals surface area contributed by atoms with Gasteiger partial charge in [-0.3, -0.25) is 4.79 Å². The molecule has 0 saturated carbocycles. The van der Waals surface area contributed by atoms with Gasteiger partial charge < -0.3 is 19.9 Å². The summed E-state index contributed by atoms with van der Waals surface area (Å²) in [5, 5.41) is 16.9. The van der Waals surface area contributed by atoms with E-state index in [9.17, 15) is 9.90 Å². The molecule has 3 rings (SSSR count). The van der Waals surface area contributed by atoms with Crippen LogP contribution in [0.2, 0.25) is 0 Å². The molecule has 2 aromatic rings. The predicted molar refractivity (Wildman–Crippen MR) is 78.8 cm³/mol. The summed E-state index contributed by atoms with van der Waals surface area (Å²) in [7, 11) is 0. The molecule has 0 saturated heterocycles. The number of carbonyl (C=O) groups excluding carboxylic acids is 1. The Morgan fingerprint density at radius 2 is 2.19 bits per heavy atom. The molecule has 2 heterocycles. The normalized spacial score (nSPS) is 15.5. The molecule has 110 valence electrons. The quantitative estimate of drug-likeness (QED) is 0.908. The van der Waals surface area contributed by atoms with Crippen molar-refractivity contribution in [2.24, 2.45) is 0 Å². The molecule has 1 aromatic heterocycles. The fourth-order valence-corrected chi connectivity index (χ4v) is 2.72. The highest BCUT2D eigenvalue weighted by molar-refractivity contribution is 7.08. The highest BCUT2D eigenvalue weighted by Gasteiger charge is 2.26. The van der Waals surface area contributed by atoms with Gasteiger partial charge in [0, 0.05) is 10.9 Å². The fourth-order valence-electron chi connectivity index (χ4n) is 2.08. The Morgan fingerprint density at radius 1 is 1.38 bits per heavy atom. The van der Waals surface area contributed by atoms with Gasteiger partial charge in [0.1, 0.15) is 5.60 Å². The van der Waals surface area contributed by atoms with E-state index in [-0.39, 0.29) is 19.2 Å². The third-order valence-corrected chi connectivity index (χ3v) is 4.05. The first kappa shape index (κ1) is 13.9. The van der Waals surface area contributed by atoms with Crippen molar-refractivity contribution in [3.63, 3.8) is 0 Å². The molecular formula is C15H15NO4S. The van der Waals surface area contributed by atoms with Gasteiger partial charge in [-0.05, 0) is 36.1 Å². The summed E-state index contributed by atoms with van der Waals surface area (Å²) in [6.07, 6.45) is 0. The molecule has 1 aliphatic rings. The maximum Gasteiger partial charge on any atom is 0.252 e. The van der Waals surface area contributed by atoms with Gasteiger partial charge in [-0.1, -0.05) is 6.07 Å². The van der Waals surface area contributed by atoms with Crippen LogP contribution in [0, 0.1) is 0 Å². The molecule has 0 bridgehead atoms. The Bertz CT molecular complexity index is 652. The number of nitrogens with one attached hydrogen (secondary N) is 1. The van der Waals surface area contributed by atoms with Gasteiger partial charge in [-0.15, -0.1) is 0 Å². The summed E-state index contributed by atoms with van der Waals surface area (Å²) in [4.78, 5) is 11.9. The zero-order chi connectivity index (χ0) is 14.9. The second kappa shape index (κ2) is 5.38. The molecule has 1 aromatic carbocycles. The minimum absolute atomic E-state index is 0.112. The number of amides is 1. The van der Waals surface area contributed by atoms with Gasteiger partial charge in [0.15, 0.2) is 11.5 Å². The maximum absolute atomic E-state index is 11.9. The highest BCUT2D eigenvalue weighted by atomic mass is 32.1. The van der Waals surface area contributed by atoms with Gasteiger partial charge in [-0.25, -0.2) is 0 Å². The molecule has 0 radical (unpaired) electrons. The molecule has 1 atom stereocenters. The van der Waals surface area contributed by atoms with Gasteiger partial charge in [0.05, 0.1) is 6.54 Å². The van der Waals surface area contributed by atoms with Crippen molar-refractivity contribution < 1.29 is 19.4 Å². The van der Waals surface area contributed by atoms with Gasteiger partial charge in [0.2, 0.25) is 6.79 Å². The van der Waals surface area contributed by atoms with Crippen LogP contribution in [-0.2, 0) is 5.60 Å². The van der Waals surface area contributed by atoms with Crippen LogP contribution in [0.15, 0.2) is 35.0 Å². The Kier molecular flexibility index (Phi) is 3.57. The molecular weight excluding hydrogens is 290 g/mol. The fraction of sp³-hybridized carbons (Fsp3) is 0.267. The Morgan fingerprint density at radius 3 is 2.95 bits per heavy atom. The lowest BCUT2D eigenvalue weighted by atomic mass is 9.95. The lowest BCUT2D eigenvalue weighted by Gasteiger charge is -2.24. The van der Waals surface area contributed by atoms with Crippen molar-refractivity contribution in [1.29, 1.82) is 0 Å².